The fourth-order valence-electron chi connectivity index (χ4n) is 12.9. The Bertz CT molecular complexity index is 2120. The number of carbonyl (C=O) groups excluding carboxylic acids is 1. The quantitative estimate of drug-likeness (QED) is 0.0934. The summed E-state index contributed by atoms with van der Waals surface area (Å²) in [4.78, 5) is 19.8. The number of rotatable bonds is 17. The molecule has 0 spiro atoms. The average molecular weight is 1110 g/mol. The number of aliphatic hydroxyl groups is 5. The van der Waals surface area contributed by atoms with Crippen LogP contribution in [0.3, 0.4) is 0 Å². The van der Waals surface area contributed by atoms with Gasteiger partial charge in [-0.1, -0.05) is 45.0 Å². The van der Waals surface area contributed by atoms with Gasteiger partial charge in [-0.15, -0.1) is 16.9 Å². The van der Waals surface area contributed by atoms with Gasteiger partial charge in [-0.2, -0.15) is 0 Å². The fourth-order valence-corrected chi connectivity index (χ4v) is 14.0. The van der Waals surface area contributed by atoms with E-state index in [9.17, 15) is 34.7 Å². The number of halogens is 1. The molecule has 5 heterocycles. The maximum absolute atomic E-state index is 15.0. The summed E-state index contributed by atoms with van der Waals surface area (Å²) in [7, 11) is 6.86. The molecule has 0 bridgehead atoms. The third-order valence-corrected chi connectivity index (χ3v) is 19.1. The van der Waals surface area contributed by atoms with E-state index in [1.807, 2.05) is 75.5 Å². The summed E-state index contributed by atoms with van der Waals surface area (Å²) in [6.45, 7) is 19.7. The van der Waals surface area contributed by atoms with Gasteiger partial charge in [-0.3, -0.25) is 4.79 Å². The number of methoxy groups -OCH3 is 2. The molecule has 0 aliphatic carbocycles. The molecular weight excluding hydrogens is 1010 g/mol. The second kappa shape index (κ2) is 27.6. The zero-order chi connectivity index (χ0) is 56.7. The molecule has 4 aliphatic heterocycles. The number of thioether (sulfide) groups is 1. The molecule has 0 radical (unpaired) electrons. The number of aromatic nitrogens is 3. The molecule has 440 valence electrons. The fraction of sp³-hybridized carbons (Fsp3) is 0.842. The minimum atomic E-state index is -1.83. The summed E-state index contributed by atoms with van der Waals surface area (Å²) in [5, 5.41) is 69.2. The van der Waals surface area contributed by atoms with E-state index in [0.29, 0.717) is 37.5 Å². The molecule has 5 N–H and O–H groups in total. The number of cyclic esters (lactones) is 1. The van der Waals surface area contributed by atoms with E-state index in [2.05, 4.69) is 22.4 Å². The largest absolute Gasteiger partial charge is 0.459 e. The minimum Gasteiger partial charge on any atom is -0.459 e. The average Bonchev–Trinajstić information content (AvgIpc) is 3.87. The Kier molecular flexibility index (Phi) is 22.8. The van der Waals surface area contributed by atoms with Gasteiger partial charge >= 0.3 is 5.97 Å². The van der Waals surface area contributed by atoms with Gasteiger partial charge in [0.15, 0.2) is 6.29 Å². The van der Waals surface area contributed by atoms with Crippen LogP contribution >= 0.6 is 11.8 Å². The standard InChI is InChI=1S/C57H96FN5O13S/c1-15-46-57(10,69)50(65)37(6)62(12)30-33(2)27-55(8,68)52(35(4)47(36(5)53(67)75-46)45-28-56(9,71-14)51(66)38(7)74-45)76-54-48(64)43(26-34(3)73-54)61(11)23-20-41-31-63(60-59-41)44(29-58)49(70-13)40-16-18-42(19-17-40)77-32-39-21-24-72-25-22-39/h16-19,31,33-39,43-52,54,64-66,68-69H,15,20-30,32H2,1-14H3/t33-,34-,35+,36-,37-,38+,43+,44-,45-,46-,47?,48-,49-,50-,51+,52-,54+,55-,56-,57-/m1/s1. The Morgan fingerprint density at radius 1 is 0.974 bits per heavy atom. The maximum atomic E-state index is 15.0. The first-order valence-electron chi connectivity index (χ1n) is 28.2. The summed E-state index contributed by atoms with van der Waals surface area (Å²) in [5.74, 6) is -1.57. The lowest BCUT2D eigenvalue weighted by molar-refractivity contribution is -0.302. The zero-order valence-corrected chi connectivity index (χ0v) is 49.3. The van der Waals surface area contributed by atoms with Crippen LogP contribution in [0.4, 0.5) is 4.39 Å². The monoisotopic (exact) mass is 1110 g/mol. The third-order valence-electron chi connectivity index (χ3n) is 17.9. The highest BCUT2D eigenvalue weighted by atomic mass is 32.2. The smallest absolute Gasteiger partial charge is 0.309 e. The number of aliphatic hydroxyl groups excluding tert-OH is 3. The lowest BCUT2D eigenvalue weighted by Crippen LogP contribution is -2.62. The van der Waals surface area contributed by atoms with Crippen molar-refractivity contribution in [1.29, 1.82) is 0 Å². The molecule has 18 nitrogen and oxygen atoms in total. The van der Waals surface area contributed by atoms with Gasteiger partial charge in [0.25, 0.3) is 0 Å². The highest BCUT2D eigenvalue weighted by Gasteiger charge is 2.55. The summed E-state index contributed by atoms with van der Waals surface area (Å²) in [6, 6.07) is 6.31. The van der Waals surface area contributed by atoms with E-state index in [4.69, 9.17) is 33.2 Å². The first kappa shape index (κ1) is 63.8. The van der Waals surface area contributed by atoms with Crippen LogP contribution in [0.25, 0.3) is 0 Å². The van der Waals surface area contributed by atoms with Crippen LogP contribution in [0.5, 0.6) is 0 Å². The van der Waals surface area contributed by atoms with Gasteiger partial charge in [0.2, 0.25) is 0 Å². The molecule has 0 saturated carbocycles. The van der Waals surface area contributed by atoms with Crippen molar-refractivity contribution in [3.63, 3.8) is 0 Å². The molecule has 0 amide bonds. The molecule has 4 aliphatic rings. The Balaban J connectivity index is 1.23. The number of nitrogens with zero attached hydrogens (tertiary/aromatic N) is 5. The molecule has 20 heteroatoms. The normalized spacial score (nSPS) is 39.6. The summed E-state index contributed by atoms with van der Waals surface area (Å²) in [5.41, 5.74) is -3.04. The van der Waals surface area contributed by atoms with E-state index in [1.54, 1.807) is 47.9 Å². The zero-order valence-electron chi connectivity index (χ0n) is 48.5. The van der Waals surface area contributed by atoms with Crippen LogP contribution in [0.1, 0.15) is 131 Å². The van der Waals surface area contributed by atoms with E-state index >= 15 is 0 Å². The van der Waals surface area contributed by atoms with Crippen molar-refractivity contribution in [2.24, 2.45) is 29.6 Å². The number of hydrogen-bond acceptors (Lipinski definition) is 18. The maximum Gasteiger partial charge on any atom is 0.309 e. The summed E-state index contributed by atoms with van der Waals surface area (Å²) >= 11 is 1.82. The molecule has 77 heavy (non-hydrogen) atoms. The molecule has 20 atom stereocenters. The predicted octanol–water partition coefficient (Wildman–Crippen LogP) is 5.80. The molecular formula is C57H96FN5O13S. The van der Waals surface area contributed by atoms with Crippen molar-refractivity contribution in [1.82, 2.24) is 24.8 Å². The Morgan fingerprint density at radius 2 is 1.65 bits per heavy atom. The number of benzene rings is 1. The van der Waals surface area contributed by atoms with Crippen molar-refractivity contribution >= 4 is 17.7 Å². The van der Waals surface area contributed by atoms with Crippen LogP contribution in [-0.2, 0) is 44.4 Å². The summed E-state index contributed by atoms with van der Waals surface area (Å²) in [6.07, 6.45) is -3.94. The SMILES string of the molecule is CC[C@H]1OC(=O)[C@H](C)C([C@H]2C[C@@](C)(OC)[C@@H](O)[C@H](C)O2)[C@H](C)[C@@H](O[C@@H]2O[C@H](C)C[C@H](N(C)CCc3cn([C@H](CF)[C@H](OC)c4ccc(SCC5CCOCC5)cc4)nn3)[C@H]2O)[C@](C)(O)C[C@@H](C)CN(C)[C@H](C)[C@@H](O)[C@]1(C)O. The molecule has 4 fully saturated rings. The van der Waals surface area contributed by atoms with Crippen molar-refractivity contribution in [2.45, 2.75) is 215 Å². The molecule has 2 aromatic rings. The first-order chi connectivity index (χ1) is 36.3. The Hall–Kier alpha value is -2.41. The molecule has 6 rings (SSSR count). The van der Waals surface area contributed by atoms with Crippen molar-refractivity contribution in [3.05, 3.63) is 41.7 Å². The van der Waals surface area contributed by atoms with Crippen LogP contribution in [0, 0.1) is 29.6 Å². The lowest BCUT2D eigenvalue weighted by atomic mass is 9.68. The van der Waals surface area contributed by atoms with Gasteiger partial charge in [0.05, 0.1) is 47.2 Å². The van der Waals surface area contributed by atoms with Crippen LogP contribution in [0.2, 0.25) is 0 Å². The van der Waals surface area contributed by atoms with Gasteiger partial charge in [0, 0.05) is 88.2 Å². The van der Waals surface area contributed by atoms with Crippen molar-refractivity contribution in [3.8, 4) is 0 Å². The highest BCUT2D eigenvalue weighted by Crippen LogP contribution is 2.45. The first-order valence-corrected chi connectivity index (χ1v) is 29.2. The van der Waals surface area contributed by atoms with Crippen LogP contribution in [-0.4, -0.2) is 207 Å². The number of alkyl halides is 1. The predicted molar refractivity (Wildman–Crippen MR) is 291 cm³/mol. The van der Waals surface area contributed by atoms with Gasteiger partial charge in [0.1, 0.15) is 48.8 Å². The van der Waals surface area contributed by atoms with E-state index < -0.39 is 120 Å². The summed E-state index contributed by atoms with van der Waals surface area (Å²) < 4.78 is 60.2. The number of carbonyl (C=O) groups is 1. The van der Waals surface area contributed by atoms with Crippen molar-refractivity contribution in [2.75, 3.05) is 67.0 Å². The number of likely N-dealkylation sites (N-methyl/N-ethyl adjacent to an activating group) is 2. The van der Waals surface area contributed by atoms with E-state index in [-0.39, 0.29) is 31.3 Å². The van der Waals surface area contributed by atoms with E-state index in [0.717, 1.165) is 42.3 Å². The number of ether oxygens (including phenoxy) is 7. The lowest BCUT2D eigenvalue weighted by Gasteiger charge is -2.51. The molecule has 1 aromatic carbocycles. The number of esters is 1. The second-order valence-electron chi connectivity index (χ2n) is 24.0. The van der Waals surface area contributed by atoms with Crippen LogP contribution in [0.15, 0.2) is 35.4 Å². The van der Waals surface area contributed by atoms with Gasteiger partial charge in [-0.25, -0.2) is 9.07 Å². The Labute approximate surface area is 462 Å². The molecule has 1 unspecified atom stereocenters. The third kappa shape index (κ3) is 15.2. The molecule has 4 saturated heterocycles. The molecule has 1 aromatic heterocycles. The van der Waals surface area contributed by atoms with Gasteiger partial charge < -0.3 is 68.5 Å². The second-order valence-corrected chi connectivity index (χ2v) is 25.1. The van der Waals surface area contributed by atoms with Crippen LogP contribution < -0.4 is 0 Å². The number of hydrogen-bond donors (Lipinski definition) is 5. The highest BCUT2D eigenvalue weighted by molar-refractivity contribution is 7.99. The van der Waals surface area contributed by atoms with Gasteiger partial charge in [-0.05, 0) is 123 Å². The topological polar surface area (TPSA) is 220 Å². The Morgan fingerprint density at radius 3 is 2.27 bits per heavy atom. The van der Waals surface area contributed by atoms with E-state index in [1.165, 1.54) is 18.7 Å². The van der Waals surface area contributed by atoms with Crippen molar-refractivity contribution < 1.29 is 67.9 Å². The minimum absolute atomic E-state index is 0.176.